The minimum atomic E-state index is -0.609. The molecule has 1 aromatic carbocycles. The van der Waals surface area contributed by atoms with E-state index in [1.807, 2.05) is 12.2 Å². The summed E-state index contributed by atoms with van der Waals surface area (Å²) >= 11 is 0. The van der Waals surface area contributed by atoms with Crippen molar-refractivity contribution in [2.45, 2.75) is 19.9 Å². The summed E-state index contributed by atoms with van der Waals surface area (Å²) in [5, 5.41) is 13.6. The number of anilines is 3. The van der Waals surface area contributed by atoms with Crippen LogP contribution in [-0.4, -0.2) is 27.5 Å². The maximum atomic E-state index is 13.9. The number of halogens is 1. The molecule has 2 heterocycles. The van der Waals surface area contributed by atoms with Crippen molar-refractivity contribution >= 4 is 29.2 Å². The van der Waals surface area contributed by atoms with Crippen LogP contribution in [0.15, 0.2) is 30.5 Å². The van der Waals surface area contributed by atoms with Crippen molar-refractivity contribution in [3.63, 3.8) is 0 Å². The second-order valence-corrected chi connectivity index (χ2v) is 5.67. The van der Waals surface area contributed by atoms with Gasteiger partial charge in [-0.15, -0.1) is 0 Å². The van der Waals surface area contributed by atoms with Gasteiger partial charge in [0.15, 0.2) is 0 Å². The molecule has 0 bridgehead atoms. The van der Waals surface area contributed by atoms with Gasteiger partial charge < -0.3 is 10.2 Å². The summed E-state index contributed by atoms with van der Waals surface area (Å²) < 4.78 is 13.9. The summed E-state index contributed by atoms with van der Waals surface area (Å²) in [6.07, 6.45) is 5.61. The van der Waals surface area contributed by atoms with Crippen molar-refractivity contribution in [3.05, 3.63) is 52.0 Å². The van der Waals surface area contributed by atoms with Crippen LogP contribution >= 0.6 is 0 Å². The molecule has 3 rings (SSSR count). The Bertz CT molecular complexity index is 822. The van der Waals surface area contributed by atoms with E-state index in [-0.39, 0.29) is 23.4 Å². The lowest BCUT2D eigenvalue weighted by Crippen LogP contribution is -2.33. The van der Waals surface area contributed by atoms with Crippen LogP contribution in [-0.2, 0) is 0 Å². The van der Waals surface area contributed by atoms with E-state index in [0.29, 0.717) is 0 Å². The van der Waals surface area contributed by atoms with Gasteiger partial charge in [-0.05, 0) is 19.9 Å². The fourth-order valence-corrected chi connectivity index (χ4v) is 2.47. The van der Waals surface area contributed by atoms with Crippen LogP contribution in [0, 0.1) is 15.9 Å². The molecule has 0 radical (unpaired) electrons. The molecule has 0 spiro atoms. The van der Waals surface area contributed by atoms with Gasteiger partial charge in [-0.3, -0.25) is 10.1 Å². The van der Waals surface area contributed by atoms with Crippen LogP contribution in [0.3, 0.4) is 0 Å². The smallest absolute Gasteiger partial charge is 0.271 e. The third-order valence-corrected chi connectivity index (χ3v) is 3.70. The first-order valence-electron chi connectivity index (χ1n) is 7.47. The van der Waals surface area contributed by atoms with Crippen LogP contribution in [0.25, 0.3) is 6.08 Å². The maximum absolute atomic E-state index is 13.9. The topological polar surface area (TPSA) is 84.2 Å². The predicted molar refractivity (Wildman–Crippen MR) is 89.9 cm³/mol. The van der Waals surface area contributed by atoms with E-state index < -0.39 is 10.7 Å². The minimum absolute atomic E-state index is 0.0356. The predicted octanol–water partition coefficient (Wildman–Crippen LogP) is 3.51. The summed E-state index contributed by atoms with van der Waals surface area (Å²) in [6.45, 7) is 4.84. The number of nitrogens with zero attached hydrogens (tertiary/aromatic N) is 4. The van der Waals surface area contributed by atoms with Gasteiger partial charge in [0.05, 0.1) is 10.6 Å². The van der Waals surface area contributed by atoms with Crippen LogP contribution in [0.5, 0.6) is 0 Å². The lowest BCUT2D eigenvalue weighted by molar-refractivity contribution is -0.384. The maximum Gasteiger partial charge on any atom is 0.271 e. The Morgan fingerprint density at radius 2 is 2.21 bits per heavy atom. The first-order chi connectivity index (χ1) is 11.5. The number of hydrogen-bond acceptors (Lipinski definition) is 6. The third-order valence-electron chi connectivity index (χ3n) is 3.70. The first-order valence-corrected chi connectivity index (χ1v) is 7.47. The van der Waals surface area contributed by atoms with Gasteiger partial charge >= 0.3 is 0 Å². The monoisotopic (exact) mass is 329 g/mol. The molecule has 24 heavy (non-hydrogen) atoms. The van der Waals surface area contributed by atoms with E-state index in [9.17, 15) is 14.5 Å². The molecule has 1 aliphatic rings. The van der Waals surface area contributed by atoms with Crippen molar-refractivity contribution in [1.82, 2.24) is 9.97 Å². The Kier molecular flexibility index (Phi) is 4.11. The molecular formula is C16H16FN5O2. The van der Waals surface area contributed by atoms with E-state index in [4.69, 9.17) is 0 Å². The molecule has 0 saturated heterocycles. The molecule has 0 unspecified atom stereocenters. The van der Waals surface area contributed by atoms with E-state index >= 15 is 0 Å². The molecule has 0 atom stereocenters. The van der Waals surface area contributed by atoms with Crippen LogP contribution in [0.1, 0.15) is 19.4 Å². The van der Waals surface area contributed by atoms with Gasteiger partial charge in [-0.25, -0.2) is 9.37 Å². The van der Waals surface area contributed by atoms with E-state index in [1.54, 1.807) is 6.20 Å². The highest BCUT2D eigenvalue weighted by Crippen LogP contribution is 2.28. The van der Waals surface area contributed by atoms with Crippen molar-refractivity contribution in [2.75, 3.05) is 16.8 Å². The summed E-state index contributed by atoms with van der Waals surface area (Å²) in [6, 6.07) is 3.52. The molecule has 0 fully saturated rings. The van der Waals surface area contributed by atoms with E-state index in [2.05, 4.69) is 34.0 Å². The number of nitro groups is 1. The highest BCUT2D eigenvalue weighted by Gasteiger charge is 2.19. The molecule has 1 aliphatic heterocycles. The fourth-order valence-electron chi connectivity index (χ4n) is 2.47. The largest absolute Gasteiger partial charge is 0.350 e. The number of nitrogens with one attached hydrogen (secondary N) is 1. The highest BCUT2D eigenvalue weighted by molar-refractivity contribution is 5.69. The summed E-state index contributed by atoms with van der Waals surface area (Å²) in [4.78, 5) is 20.9. The zero-order valence-electron chi connectivity index (χ0n) is 13.2. The van der Waals surface area contributed by atoms with E-state index in [1.165, 1.54) is 0 Å². The minimum Gasteiger partial charge on any atom is -0.350 e. The number of fused-ring (bicyclic) bond motifs is 1. The van der Waals surface area contributed by atoms with Crippen molar-refractivity contribution in [1.29, 1.82) is 0 Å². The van der Waals surface area contributed by atoms with Crippen molar-refractivity contribution in [2.24, 2.45) is 0 Å². The molecule has 0 saturated carbocycles. The molecule has 2 aromatic rings. The molecule has 1 N–H and O–H groups in total. The molecule has 0 aliphatic carbocycles. The molecule has 124 valence electrons. The Balaban J connectivity index is 1.95. The number of hydrogen-bond donors (Lipinski definition) is 1. The number of benzene rings is 1. The second-order valence-electron chi connectivity index (χ2n) is 5.67. The normalized spacial score (nSPS) is 13.1. The van der Waals surface area contributed by atoms with Gasteiger partial charge in [-0.2, -0.15) is 4.98 Å². The summed E-state index contributed by atoms with van der Waals surface area (Å²) in [5.41, 5.74) is 0.634. The van der Waals surface area contributed by atoms with Crippen molar-refractivity contribution < 1.29 is 9.31 Å². The summed E-state index contributed by atoms with van der Waals surface area (Å²) in [5.74, 6) is 0.326. The average molecular weight is 329 g/mol. The summed E-state index contributed by atoms with van der Waals surface area (Å²) in [7, 11) is 0. The lowest BCUT2D eigenvalue weighted by atomic mass is 10.1. The van der Waals surface area contributed by atoms with Crippen LogP contribution < -0.4 is 10.2 Å². The Morgan fingerprint density at radius 3 is 2.92 bits per heavy atom. The van der Waals surface area contributed by atoms with Gasteiger partial charge in [0.25, 0.3) is 5.69 Å². The van der Waals surface area contributed by atoms with Crippen molar-refractivity contribution in [3.8, 4) is 0 Å². The van der Waals surface area contributed by atoms with Gasteiger partial charge in [-0.1, -0.05) is 12.2 Å². The van der Waals surface area contributed by atoms with Gasteiger partial charge in [0.1, 0.15) is 11.6 Å². The van der Waals surface area contributed by atoms with Gasteiger partial charge in [0.2, 0.25) is 5.95 Å². The Morgan fingerprint density at radius 1 is 1.42 bits per heavy atom. The number of nitro benzene ring substituents is 1. The Hall–Kier alpha value is -3.03. The molecule has 1 aromatic heterocycles. The zero-order valence-corrected chi connectivity index (χ0v) is 13.2. The zero-order chi connectivity index (χ0) is 17.3. The van der Waals surface area contributed by atoms with Gasteiger partial charge in [0, 0.05) is 36.5 Å². The second kappa shape index (κ2) is 6.23. The Labute approximate surface area is 138 Å². The number of non-ortho nitro benzene ring substituents is 1. The number of aromatic nitrogens is 2. The molecular weight excluding hydrogens is 313 g/mol. The van der Waals surface area contributed by atoms with E-state index in [0.717, 1.165) is 36.1 Å². The quantitative estimate of drug-likeness (QED) is 0.682. The standard InChI is InChI=1S/C16H16FN5O2/c1-10(2)21-7-3-4-11-9-18-16(20-15(11)21)19-14-8-12(22(23)24)5-6-13(14)17/h3-6,8-10H,7H2,1-2H3,(H,18,19,20). The average Bonchev–Trinajstić information content (AvgIpc) is 2.55. The molecule has 7 nitrogen and oxygen atoms in total. The SMILES string of the molecule is CC(C)N1CC=Cc2cnc(Nc3cc([N+](=O)[O-])ccc3F)nc21. The van der Waals surface area contributed by atoms with Crippen LogP contribution in [0.2, 0.25) is 0 Å². The number of rotatable bonds is 4. The molecule has 8 heteroatoms. The first kappa shape index (κ1) is 15.9. The lowest BCUT2D eigenvalue weighted by Gasteiger charge is -2.30. The molecule has 0 amide bonds. The van der Waals surface area contributed by atoms with Crippen LogP contribution in [0.4, 0.5) is 27.5 Å². The highest BCUT2D eigenvalue weighted by atomic mass is 19.1. The fraction of sp³-hybridized carbons (Fsp3) is 0.250. The third kappa shape index (κ3) is 3.03.